The van der Waals surface area contributed by atoms with Gasteiger partial charge in [0, 0.05) is 0 Å². The number of rotatable bonds is 8. The molecular weight excluding hydrogens is 364 g/mol. The number of carbonyl (C=O) groups excluding carboxylic acids is 1. The standard InChI is InChI=1S/C20H26N2O4S/c1-5-19(16-8-12-18(26-3)13-9-16)21-20(23)14-22(27(4,24)25)17-10-6-15(2)7-11-17/h6-13,19H,5,14H2,1-4H3,(H,21,23). The van der Waals surface area contributed by atoms with Gasteiger partial charge < -0.3 is 10.1 Å². The van der Waals surface area contributed by atoms with Gasteiger partial charge in [0.15, 0.2) is 0 Å². The maximum Gasteiger partial charge on any atom is 0.241 e. The van der Waals surface area contributed by atoms with Gasteiger partial charge in [-0.2, -0.15) is 0 Å². The molecule has 0 saturated heterocycles. The quantitative estimate of drug-likeness (QED) is 0.752. The third-order valence-electron chi connectivity index (χ3n) is 4.27. The second-order valence-corrected chi connectivity index (χ2v) is 8.31. The summed E-state index contributed by atoms with van der Waals surface area (Å²) in [5, 5.41) is 2.92. The molecular formula is C20H26N2O4S. The molecule has 1 atom stereocenters. The summed E-state index contributed by atoms with van der Waals surface area (Å²) >= 11 is 0. The van der Waals surface area contributed by atoms with Crippen LogP contribution in [-0.2, 0) is 14.8 Å². The van der Waals surface area contributed by atoms with Crippen LogP contribution < -0.4 is 14.4 Å². The molecule has 0 saturated carbocycles. The Hall–Kier alpha value is -2.54. The van der Waals surface area contributed by atoms with Crippen LogP contribution in [0.25, 0.3) is 0 Å². The second kappa shape index (κ2) is 8.90. The zero-order valence-corrected chi connectivity index (χ0v) is 16.9. The number of hydrogen-bond donors (Lipinski definition) is 1. The Morgan fingerprint density at radius 3 is 2.19 bits per heavy atom. The highest BCUT2D eigenvalue weighted by Crippen LogP contribution is 2.21. The predicted octanol–water partition coefficient (Wildman–Crippen LogP) is 3.04. The molecule has 0 aliphatic heterocycles. The molecule has 0 bridgehead atoms. The average molecular weight is 391 g/mol. The number of hydrogen-bond acceptors (Lipinski definition) is 4. The SMILES string of the molecule is CCC(NC(=O)CN(c1ccc(C)cc1)S(C)(=O)=O)c1ccc(OC)cc1. The molecule has 146 valence electrons. The summed E-state index contributed by atoms with van der Waals surface area (Å²) in [7, 11) is -1.99. The molecule has 0 spiro atoms. The van der Waals surface area contributed by atoms with Gasteiger partial charge in [-0.05, 0) is 43.2 Å². The minimum absolute atomic E-state index is 0.206. The topological polar surface area (TPSA) is 75.7 Å². The summed E-state index contributed by atoms with van der Waals surface area (Å²) in [5.41, 5.74) is 2.42. The van der Waals surface area contributed by atoms with Gasteiger partial charge in [0.1, 0.15) is 12.3 Å². The van der Waals surface area contributed by atoms with E-state index >= 15 is 0 Å². The molecule has 0 heterocycles. The van der Waals surface area contributed by atoms with Gasteiger partial charge in [-0.15, -0.1) is 0 Å². The van der Waals surface area contributed by atoms with Gasteiger partial charge in [-0.3, -0.25) is 9.10 Å². The van der Waals surface area contributed by atoms with Crippen molar-refractivity contribution in [2.45, 2.75) is 26.3 Å². The first kappa shape index (κ1) is 20.8. The molecule has 2 aromatic rings. The van der Waals surface area contributed by atoms with E-state index in [0.29, 0.717) is 12.1 Å². The van der Waals surface area contributed by atoms with Crippen molar-refractivity contribution in [2.24, 2.45) is 0 Å². The molecule has 0 aliphatic carbocycles. The molecule has 27 heavy (non-hydrogen) atoms. The van der Waals surface area contributed by atoms with E-state index in [-0.39, 0.29) is 18.5 Å². The van der Waals surface area contributed by atoms with Crippen LogP contribution in [0.2, 0.25) is 0 Å². The van der Waals surface area contributed by atoms with E-state index in [1.54, 1.807) is 19.2 Å². The lowest BCUT2D eigenvalue weighted by Gasteiger charge is -2.24. The fourth-order valence-corrected chi connectivity index (χ4v) is 3.60. The van der Waals surface area contributed by atoms with Crippen LogP contribution in [0.15, 0.2) is 48.5 Å². The highest BCUT2D eigenvalue weighted by atomic mass is 32.2. The number of benzene rings is 2. The second-order valence-electron chi connectivity index (χ2n) is 6.41. The Kier molecular flexibility index (Phi) is 6.85. The molecule has 0 aromatic heterocycles. The largest absolute Gasteiger partial charge is 0.497 e. The number of nitrogens with one attached hydrogen (secondary N) is 1. The molecule has 0 aliphatic rings. The minimum atomic E-state index is -3.59. The highest BCUT2D eigenvalue weighted by molar-refractivity contribution is 7.92. The third kappa shape index (κ3) is 5.72. The van der Waals surface area contributed by atoms with E-state index in [1.807, 2.05) is 50.2 Å². The van der Waals surface area contributed by atoms with E-state index in [9.17, 15) is 13.2 Å². The van der Waals surface area contributed by atoms with Crippen molar-refractivity contribution >= 4 is 21.6 Å². The highest BCUT2D eigenvalue weighted by Gasteiger charge is 2.22. The smallest absolute Gasteiger partial charge is 0.241 e. The number of nitrogens with zero attached hydrogens (tertiary/aromatic N) is 1. The molecule has 1 amide bonds. The number of methoxy groups -OCH3 is 1. The Bertz CT molecular complexity index is 862. The summed E-state index contributed by atoms with van der Waals surface area (Å²) in [6, 6.07) is 14.3. The van der Waals surface area contributed by atoms with E-state index in [1.165, 1.54) is 0 Å². The van der Waals surface area contributed by atoms with Crippen LogP contribution in [0.3, 0.4) is 0 Å². The summed E-state index contributed by atoms with van der Waals surface area (Å²) in [6.45, 7) is 3.61. The lowest BCUT2D eigenvalue weighted by Crippen LogP contribution is -2.41. The lowest BCUT2D eigenvalue weighted by molar-refractivity contribution is -0.120. The van der Waals surface area contributed by atoms with Gasteiger partial charge in [0.25, 0.3) is 0 Å². The molecule has 0 fully saturated rings. The summed E-state index contributed by atoms with van der Waals surface area (Å²) in [5.74, 6) is 0.381. The number of carbonyl (C=O) groups is 1. The molecule has 0 radical (unpaired) electrons. The van der Waals surface area contributed by atoms with Crippen LogP contribution in [0.4, 0.5) is 5.69 Å². The number of ether oxygens (including phenoxy) is 1. The Morgan fingerprint density at radius 2 is 1.70 bits per heavy atom. The first-order valence-electron chi connectivity index (χ1n) is 8.72. The molecule has 6 nitrogen and oxygen atoms in total. The Labute approximate surface area is 161 Å². The van der Waals surface area contributed by atoms with E-state index in [4.69, 9.17) is 4.74 Å². The monoisotopic (exact) mass is 390 g/mol. The molecule has 2 aromatic carbocycles. The third-order valence-corrected chi connectivity index (χ3v) is 5.41. The number of sulfonamides is 1. The van der Waals surface area contributed by atoms with Crippen LogP contribution in [0.5, 0.6) is 5.75 Å². The van der Waals surface area contributed by atoms with Crippen molar-refractivity contribution in [3.63, 3.8) is 0 Å². The normalized spacial score (nSPS) is 12.3. The maximum atomic E-state index is 12.6. The zero-order valence-electron chi connectivity index (χ0n) is 16.1. The van der Waals surface area contributed by atoms with Crippen LogP contribution >= 0.6 is 0 Å². The first-order valence-corrected chi connectivity index (χ1v) is 10.6. The predicted molar refractivity (Wildman–Crippen MR) is 108 cm³/mol. The minimum Gasteiger partial charge on any atom is -0.497 e. The Morgan fingerprint density at radius 1 is 1.11 bits per heavy atom. The van der Waals surface area contributed by atoms with Crippen LogP contribution in [0.1, 0.15) is 30.5 Å². The van der Waals surface area contributed by atoms with E-state index in [0.717, 1.165) is 27.4 Å². The molecule has 1 unspecified atom stereocenters. The van der Waals surface area contributed by atoms with Crippen molar-refractivity contribution in [1.29, 1.82) is 0 Å². The molecule has 1 N–H and O–H groups in total. The van der Waals surface area contributed by atoms with Crippen LogP contribution in [-0.4, -0.2) is 34.2 Å². The van der Waals surface area contributed by atoms with Crippen molar-refractivity contribution < 1.29 is 17.9 Å². The van der Waals surface area contributed by atoms with Crippen molar-refractivity contribution in [2.75, 3.05) is 24.2 Å². The fraction of sp³-hybridized carbons (Fsp3) is 0.350. The summed E-state index contributed by atoms with van der Waals surface area (Å²) in [4.78, 5) is 12.6. The van der Waals surface area contributed by atoms with Gasteiger partial charge in [-0.25, -0.2) is 8.42 Å². The number of anilines is 1. The maximum absolute atomic E-state index is 12.6. The van der Waals surface area contributed by atoms with Gasteiger partial charge in [0.05, 0.1) is 25.1 Å². The summed E-state index contributed by atoms with van der Waals surface area (Å²) in [6.07, 6.45) is 1.78. The van der Waals surface area contributed by atoms with Crippen molar-refractivity contribution in [1.82, 2.24) is 5.32 Å². The van der Waals surface area contributed by atoms with Crippen molar-refractivity contribution in [3.8, 4) is 5.75 Å². The summed E-state index contributed by atoms with van der Waals surface area (Å²) < 4.78 is 30.6. The van der Waals surface area contributed by atoms with E-state index < -0.39 is 10.0 Å². The average Bonchev–Trinajstić information content (AvgIpc) is 2.64. The molecule has 7 heteroatoms. The number of amides is 1. The number of aryl methyl sites for hydroxylation is 1. The zero-order chi connectivity index (χ0) is 20.0. The van der Waals surface area contributed by atoms with Gasteiger partial charge in [-0.1, -0.05) is 36.8 Å². The lowest BCUT2D eigenvalue weighted by atomic mass is 10.0. The van der Waals surface area contributed by atoms with Gasteiger partial charge >= 0.3 is 0 Å². The van der Waals surface area contributed by atoms with Crippen LogP contribution in [0, 0.1) is 6.92 Å². The van der Waals surface area contributed by atoms with Crippen molar-refractivity contribution in [3.05, 3.63) is 59.7 Å². The Balaban J connectivity index is 2.15. The fourth-order valence-electron chi connectivity index (χ4n) is 2.74. The first-order chi connectivity index (χ1) is 12.7. The van der Waals surface area contributed by atoms with E-state index in [2.05, 4.69) is 5.32 Å². The molecule has 2 rings (SSSR count). The van der Waals surface area contributed by atoms with Gasteiger partial charge in [0.2, 0.25) is 15.9 Å².